The van der Waals surface area contributed by atoms with E-state index in [1.54, 1.807) is 0 Å². The van der Waals surface area contributed by atoms with E-state index in [1.807, 2.05) is 0 Å². The first-order valence-corrected chi connectivity index (χ1v) is 4.01. The Morgan fingerprint density at radius 3 is 2.78 bits per heavy atom. The lowest BCUT2D eigenvalue weighted by Crippen LogP contribution is -2.25. The molecule has 0 radical (unpaired) electrons. The van der Waals surface area contributed by atoms with Gasteiger partial charge in [-0.15, -0.1) is 0 Å². The topological polar surface area (TPSA) is 21.9 Å². The summed E-state index contributed by atoms with van der Waals surface area (Å²) in [5.41, 5.74) is 0.554. The molecule has 1 heteroatoms. The Hall–Kier alpha value is -0.0400. The molecule has 52 valence electrons. The van der Waals surface area contributed by atoms with Crippen LogP contribution in [0.3, 0.4) is 0 Å². The Morgan fingerprint density at radius 2 is 2.22 bits per heavy atom. The van der Waals surface area contributed by atoms with Gasteiger partial charge in [-0.3, -0.25) is 0 Å². The third-order valence-corrected chi connectivity index (χ3v) is 3.28. The van der Waals surface area contributed by atoms with Crippen molar-refractivity contribution in [3.8, 4) is 0 Å². The molecule has 1 aliphatic heterocycles. The van der Waals surface area contributed by atoms with Crippen molar-refractivity contribution < 1.29 is 0 Å². The van der Waals surface area contributed by atoms with Crippen LogP contribution in [0.25, 0.3) is 0 Å². The van der Waals surface area contributed by atoms with Gasteiger partial charge in [0.25, 0.3) is 0 Å². The molecule has 1 heterocycles. The maximum atomic E-state index is 3.56. The van der Waals surface area contributed by atoms with Gasteiger partial charge in [0, 0.05) is 11.6 Å². The highest BCUT2D eigenvalue weighted by atomic mass is 15.2. The number of fused-ring (bicyclic) bond motifs is 1. The first-order chi connectivity index (χ1) is 4.23. The predicted octanol–water partition coefficient (Wildman–Crippen LogP) is 1.54. The molecule has 1 saturated carbocycles. The number of hydrogen-bond acceptors (Lipinski definition) is 1. The zero-order valence-electron chi connectivity index (χ0n) is 6.28. The van der Waals surface area contributed by atoms with Gasteiger partial charge >= 0.3 is 0 Å². The fraction of sp³-hybridized carbons (Fsp3) is 1.00. The minimum atomic E-state index is 0.554. The lowest BCUT2D eigenvalue weighted by atomic mass is 9.81. The Bertz CT molecular complexity index is 133. The normalized spacial score (nSPS) is 56.7. The van der Waals surface area contributed by atoms with Crippen molar-refractivity contribution >= 4 is 0 Å². The van der Waals surface area contributed by atoms with E-state index in [4.69, 9.17) is 0 Å². The average molecular weight is 125 g/mol. The summed E-state index contributed by atoms with van der Waals surface area (Å²) in [5, 5.41) is 3.56. The van der Waals surface area contributed by atoms with Gasteiger partial charge in [0.2, 0.25) is 0 Å². The van der Waals surface area contributed by atoms with Crippen LogP contribution in [0.15, 0.2) is 0 Å². The molecule has 1 unspecified atom stereocenters. The summed E-state index contributed by atoms with van der Waals surface area (Å²) in [6, 6.07) is 0.876. The highest BCUT2D eigenvalue weighted by molar-refractivity contribution is 5.15. The van der Waals surface area contributed by atoms with Gasteiger partial charge in [-0.25, -0.2) is 0 Å². The monoisotopic (exact) mass is 125 g/mol. The molecule has 0 aromatic rings. The molecule has 0 aromatic heterocycles. The van der Waals surface area contributed by atoms with E-state index < -0.39 is 0 Å². The number of hydrogen-bond donors (Lipinski definition) is 1. The molecular formula is C8H15N. The summed E-state index contributed by atoms with van der Waals surface area (Å²) in [4.78, 5) is 0. The van der Waals surface area contributed by atoms with Gasteiger partial charge < -0.3 is 5.32 Å². The molecule has 0 aromatic carbocycles. The summed E-state index contributed by atoms with van der Waals surface area (Å²) in [6.45, 7) is 4.73. The second-order valence-electron chi connectivity index (χ2n) is 3.81. The molecule has 0 spiro atoms. The fourth-order valence-corrected chi connectivity index (χ4v) is 2.12. The summed E-state index contributed by atoms with van der Waals surface area (Å²) in [6.07, 6.45) is 4.29. The number of rotatable bonds is 0. The summed E-state index contributed by atoms with van der Waals surface area (Å²) in [5.74, 6) is 0.913. The molecule has 2 aliphatic rings. The first kappa shape index (κ1) is 5.72. The Balaban J connectivity index is 2.10. The van der Waals surface area contributed by atoms with Crippen LogP contribution in [-0.2, 0) is 0 Å². The van der Waals surface area contributed by atoms with Crippen molar-refractivity contribution in [3.63, 3.8) is 0 Å². The molecule has 3 atom stereocenters. The third kappa shape index (κ3) is 0.644. The van der Waals surface area contributed by atoms with Crippen molar-refractivity contribution in [2.24, 2.45) is 5.92 Å². The zero-order chi connectivity index (χ0) is 6.48. The predicted molar refractivity (Wildman–Crippen MR) is 38.3 cm³/mol. The zero-order valence-corrected chi connectivity index (χ0v) is 6.28. The van der Waals surface area contributed by atoms with Crippen molar-refractivity contribution in [2.45, 2.75) is 44.7 Å². The van der Waals surface area contributed by atoms with Crippen molar-refractivity contribution in [2.75, 3.05) is 0 Å². The summed E-state index contributed by atoms with van der Waals surface area (Å²) >= 11 is 0. The maximum Gasteiger partial charge on any atom is 0.0335 e. The minimum absolute atomic E-state index is 0.554. The molecule has 9 heavy (non-hydrogen) atoms. The molecular weight excluding hydrogens is 110 g/mol. The second-order valence-corrected chi connectivity index (χ2v) is 3.81. The molecule has 2 rings (SSSR count). The summed E-state index contributed by atoms with van der Waals surface area (Å²) < 4.78 is 0. The van der Waals surface area contributed by atoms with Gasteiger partial charge in [-0.05, 0) is 25.7 Å². The van der Waals surface area contributed by atoms with E-state index in [-0.39, 0.29) is 0 Å². The Morgan fingerprint density at radius 1 is 1.44 bits per heavy atom. The largest absolute Gasteiger partial charge is 0.305 e. The minimum Gasteiger partial charge on any atom is -0.305 e. The lowest BCUT2D eigenvalue weighted by molar-refractivity contribution is 0.351. The molecule has 1 N–H and O–H groups in total. The van der Waals surface area contributed by atoms with E-state index in [0.29, 0.717) is 5.54 Å². The van der Waals surface area contributed by atoms with Gasteiger partial charge in [-0.1, -0.05) is 13.3 Å². The summed E-state index contributed by atoms with van der Waals surface area (Å²) in [7, 11) is 0. The van der Waals surface area contributed by atoms with Crippen LogP contribution >= 0.6 is 0 Å². The fourth-order valence-electron chi connectivity index (χ4n) is 2.12. The van der Waals surface area contributed by atoms with Crippen LogP contribution in [0, 0.1) is 5.92 Å². The van der Waals surface area contributed by atoms with Gasteiger partial charge in [-0.2, -0.15) is 0 Å². The highest BCUT2D eigenvalue weighted by Gasteiger charge is 2.54. The van der Waals surface area contributed by atoms with E-state index >= 15 is 0 Å². The smallest absolute Gasteiger partial charge is 0.0335 e. The third-order valence-electron chi connectivity index (χ3n) is 3.28. The van der Waals surface area contributed by atoms with E-state index in [9.17, 15) is 0 Å². The highest BCUT2D eigenvalue weighted by Crippen LogP contribution is 2.43. The van der Waals surface area contributed by atoms with Crippen molar-refractivity contribution in [1.82, 2.24) is 5.32 Å². The quantitative estimate of drug-likeness (QED) is 0.487. The number of nitrogens with one attached hydrogen (secondary N) is 1. The molecule has 1 saturated heterocycles. The first-order valence-electron chi connectivity index (χ1n) is 4.01. The molecule has 1 aliphatic carbocycles. The lowest BCUT2D eigenvalue weighted by Gasteiger charge is -2.22. The van der Waals surface area contributed by atoms with Crippen LogP contribution in [0.2, 0.25) is 0 Å². The van der Waals surface area contributed by atoms with E-state index in [0.717, 1.165) is 12.0 Å². The molecule has 1 nitrogen and oxygen atoms in total. The van der Waals surface area contributed by atoms with E-state index in [2.05, 4.69) is 19.2 Å². The second kappa shape index (κ2) is 1.51. The van der Waals surface area contributed by atoms with Gasteiger partial charge in [0.05, 0.1) is 0 Å². The van der Waals surface area contributed by atoms with Crippen molar-refractivity contribution in [1.29, 1.82) is 0 Å². The van der Waals surface area contributed by atoms with Crippen LogP contribution in [0.4, 0.5) is 0 Å². The van der Waals surface area contributed by atoms with Crippen LogP contribution in [0.5, 0.6) is 0 Å². The molecule has 2 fully saturated rings. The Labute approximate surface area is 56.8 Å². The van der Waals surface area contributed by atoms with Crippen molar-refractivity contribution in [3.05, 3.63) is 0 Å². The molecule has 0 bridgehead atoms. The standard InChI is InChI=1S/C8H15N/c1-6-4-3-5-7-8(6,2)9-7/h6-7,9H,3-5H2,1-2H3/t6-,7?,8-/m1/s1. The van der Waals surface area contributed by atoms with Gasteiger partial charge in [0.1, 0.15) is 0 Å². The Kier molecular flexibility index (Phi) is 0.963. The SMILES string of the molecule is C[C@@H]1CCCC2N[C@@]21C. The van der Waals surface area contributed by atoms with Crippen LogP contribution < -0.4 is 5.32 Å². The van der Waals surface area contributed by atoms with Crippen LogP contribution in [-0.4, -0.2) is 11.6 Å². The van der Waals surface area contributed by atoms with E-state index in [1.165, 1.54) is 19.3 Å². The van der Waals surface area contributed by atoms with Gasteiger partial charge in [0.15, 0.2) is 0 Å². The molecule has 0 amide bonds. The average Bonchev–Trinajstić information content (AvgIpc) is 2.44. The maximum absolute atomic E-state index is 3.56. The van der Waals surface area contributed by atoms with Crippen LogP contribution in [0.1, 0.15) is 33.1 Å².